The Morgan fingerprint density at radius 1 is 0.714 bits per heavy atom. The summed E-state index contributed by atoms with van der Waals surface area (Å²) in [4.78, 5) is 46.4. The maximum atomic E-state index is 14.9. The summed E-state index contributed by atoms with van der Waals surface area (Å²) < 4.78 is 12.0. The molecule has 2 saturated heterocycles. The van der Waals surface area contributed by atoms with E-state index >= 15 is 0 Å². The Morgan fingerprint density at radius 2 is 1.45 bits per heavy atom. The zero-order valence-electron chi connectivity index (χ0n) is 35.9. The average Bonchev–Trinajstić information content (AvgIpc) is 3.97. The molecule has 7 aliphatic rings. The second kappa shape index (κ2) is 15.6. The summed E-state index contributed by atoms with van der Waals surface area (Å²) in [6, 6.07) is 10.2. The normalized spacial score (nSPS) is 40.1. The lowest BCUT2D eigenvalue weighted by Crippen LogP contribution is -2.64. The van der Waals surface area contributed by atoms with Crippen LogP contribution in [0.25, 0.3) is 0 Å². The van der Waals surface area contributed by atoms with Crippen molar-refractivity contribution in [2.75, 3.05) is 26.2 Å². The van der Waals surface area contributed by atoms with Crippen LogP contribution >= 0.6 is 0 Å². The van der Waals surface area contributed by atoms with Gasteiger partial charge in [-0.1, -0.05) is 78.3 Å². The lowest BCUT2D eigenvalue weighted by atomic mass is 9.36. The molecular weight excluding hydrogens is 697 g/mol. The first-order valence-electron chi connectivity index (χ1n) is 23.2. The molecule has 7 fully saturated rings. The topological polar surface area (TPSA) is 76.2 Å². The summed E-state index contributed by atoms with van der Waals surface area (Å²) in [7, 11) is 0. The van der Waals surface area contributed by atoms with Crippen molar-refractivity contribution in [2.24, 2.45) is 63.1 Å². The summed E-state index contributed by atoms with van der Waals surface area (Å²) in [5, 5.41) is 0. The molecule has 310 valence electrons. The summed E-state index contributed by atoms with van der Waals surface area (Å²) in [5.74, 6) is 2.49. The van der Waals surface area contributed by atoms with E-state index in [0.29, 0.717) is 53.4 Å². The van der Waals surface area contributed by atoms with Crippen LogP contribution in [0.4, 0.5) is 0 Å². The molecule has 1 aromatic carbocycles. The predicted molar refractivity (Wildman–Crippen MR) is 220 cm³/mol. The van der Waals surface area contributed by atoms with Gasteiger partial charge < -0.3 is 19.3 Å². The number of nitrogens with zero attached hydrogens (tertiary/aromatic N) is 2. The molecule has 0 spiro atoms. The van der Waals surface area contributed by atoms with Crippen LogP contribution in [0.3, 0.4) is 0 Å². The molecule has 1 aromatic rings. The first-order chi connectivity index (χ1) is 26.8. The molecule has 5 saturated carbocycles. The quantitative estimate of drug-likeness (QED) is 0.221. The van der Waals surface area contributed by atoms with E-state index in [1.54, 1.807) is 0 Å². The summed E-state index contributed by atoms with van der Waals surface area (Å²) in [5.41, 5.74) is 1.24. The molecule has 12 unspecified atom stereocenters. The molecule has 0 aromatic heterocycles. The smallest absolute Gasteiger partial charge is 0.309 e. The molecule has 0 radical (unpaired) electrons. The second-order valence-corrected chi connectivity index (χ2v) is 21.4. The molecule has 0 bridgehead atoms. The zero-order chi connectivity index (χ0) is 39.5. The van der Waals surface area contributed by atoms with Crippen molar-refractivity contribution in [1.29, 1.82) is 0 Å². The van der Waals surface area contributed by atoms with E-state index in [4.69, 9.17) is 9.47 Å². The molecule has 2 heterocycles. The van der Waals surface area contributed by atoms with Gasteiger partial charge in [0.05, 0.1) is 17.3 Å². The van der Waals surface area contributed by atoms with E-state index < -0.39 is 0 Å². The van der Waals surface area contributed by atoms with Gasteiger partial charge in [-0.2, -0.15) is 0 Å². The fourth-order valence-corrected chi connectivity index (χ4v) is 15.5. The van der Waals surface area contributed by atoms with Gasteiger partial charge in [-0.05, 0) is 155 Å². The fraction of sp³-hybridized carbons (Fsp3) is 0.816. The van der Waals surface area contributed by atoms with Gasteiger partial charge in [0.2, 0.25) is 5.91 Å². The van der Waals surface area contributed by atoms with Crippen LogP contribution in [0.1, 0.15) is 150 Å². The molecule has 8 rings (SSSR count). The van der Waals surface area contributed by atoms with Gasteiger partial charge in [0, 0.05) is 24.5 Å². The monoisotopic (exact) mass is 771 g/mol. The van der Waals surface area contributed by atoms with Gasteiger partial charge in [-0.15, -0.1) is 0 Å². The van der Waals surface area contributed by atoms with Crippen molar-refractivity contribution in [3.8, 4) is 0 Å². The van der Waals surface area contributed by atoms with Crippen LogP contribution in [0.5, 0.6) is 0 Å². The van der Waals surface area contributed by atoms with Crippen LogP contribution in [-0.2, 0) is 30.5 Å². The Balaban J connectivity index is 0.904. The number of hydrogen-bond donors (Lipinski definition) is 0. The van der Waals surface area contributed by atoms with Gasteiger partial charge in [-0.25, -0.2) is 0 Å². The number of rotatable bonds is 10. The van der Waals surface area contributed by atoms with Crippen LogP contribution in [0.15, 0.2) is 30.3 Å². The zero-order valence-corrected chi connectivity index (χ0v) is 35.9. The van der Waals surface area contributed by atoms with Crippen LogP contribution in [0, 0.1) is 63.1 Å². The molecule has 56 heavy (non-hydrogen) atoms. The van der Waals surface area contributed by atoms with Crippen molar-refractivity contribution in [1.82, 2.24) is 9.80 Å². The second-order valence-electron chi connectivity index (χ2n) is 21.4. The minimum absolute atomic E-state index is 0.111. The third-order valence-electron chi connectivity index (χ3n) is 18.2. The summed E-state index contributed by atoms with van der Waals surface area (Å²) >= 11 is 0. The van der Waals surface area contributed by atoms with Crippen molar-refractivity contribution < 1.29 is 23.9 Å². The van der Waals surface area contributed by atoms with E-state index in [1.165, 1.54) is 83.7 Å². The third kappa shape index (κ3) is 6.97. The Bertz CT molecular complexity index is 1590. The molecule has 12 atom stereocenters. The van der Waals surface area contributed by atoms with Crippen molar-refractivity contribution in [3.63, 3.8) is 0 Å². The third-order valence-corrected chi connectivity index (χ3v) is 18.2. The maximum Gasteiger partial charge on any atom is 0.309 e. The van der Waals surface area contributed by atoms with Gasteiger partial charge >= 0.3 is 11.9 Å². The SMILES string of the molecule is CC(CC(C)C(=O)OC1CCC2(C)C(CCC3(C)C4CCC5(C(=O)N6CCCC6CN6CCCC6)CCCC5C4CCC32)C1(C)C)C(=O)OCc1ccccc1. The number of likely N-dealkylation sites (tertiary alicyclic amines) is 2. The number of esters is 2. The van der Waals surface area contributed by atoms with E-state index in [0.717, 1.165) is 44.3 Å². The minimum atomic E-state index is -0.376. The number of carbonyl (C=O) groups excluding carboxylic acids is 3. The van der Waals surface area contributed by atoms with Gasteiger partial charge in [0.25, 0.3) is 0 Å². The highest BCUT2D eigenvalue weighted by Gasteiger charge is 2.68. The van der Waals surface area contributed by atoms with Gasteiger partial charge in [0.15, 0.2) is 0 Å². The van der Waals surface area contributed by atoms with Crippen LogP contribution in [-0.4, -0.2) is 66.0 Å². The highest BCUT2D eigenvalue weighted by atomic mass is 16.5. The van der Waals surface area contributed by atoms with Crippen molar-refractivity contribution in [2.45, 2.75) is 163 Å². The van der Waals surface area contributed by atoms with Crippen molar-refractivity contribution in [3.05, 3.63) is 35.9 Å². The Kier molecular flexibility index (Phi) is 11.3. The Hall–Kier alpha value is -2.41. The Labute approximate surface area is 338 Å². The van der Waals surface area contributed by atoms with E-state index in [-0.39, 0.29) is 52.7 Å². The molecule has 2 aliphatic heterocycles. The van der Waals surface area contributed by atoms with Crippen LogP contribution in [0.2, 0.25) is 0 Å². The number of ether oxygens (including phenoxy) is 2. The van der Waals surface area contributed by atoms with Crippen molar-refractivity contribution >= 4 is 17.8 Å². The molecule has 1 amide bonds. The summed E-state index contributed by atoms with van der Waals surface area (Å²) in [6.07, 6.45) is 18.3. The molecule has 0 N–H and O–H groups in total. The minimum Gasteiger partial charge on any atom is -0.462 e. The predicted octanol–water partition coefficient (Wildman–Crippen LogP) is 9.86. The van der Waals surface area contributed by atoms with Crippen LogP contribution < -0.4 is 0 Å². The standard InChI is InChI=1S/C49H74N2O5/c1-33(43(52)55-32-35-14-8-7-9-15-35)30-34(2)44(53)56-42-22-25-48(6)40(46(42,3)4)21-24-47(5)38-20-26-49(23-12-17-39(49)37(38)18-19-41(47)48)45(54)51-29-13-16-36(51)31-50-27-10-11-28-50/h7-9,14-15,33-34,36-42H,10-13,16-32H2,1-6H3. The van der Waals surface area contributed by atoms with Gasteiger partial charge in [0.1, 0.15) is 12.7 Å². The highest BCUT2D eigenvalue weighted by molar-refractivity contribution is 5.84. The molecular formula is C49H74N2O5. The first kappa shape index (κ1) is 40.4. The largest absolute Gasteiger partial charge is 0.462 e. The fourth-order valence-electron chi connectivity index (χ4n) is 15.5. The highest BCUT2D eigenvalue weighted by Crippen LogP contribution is 2.73. The number of amides is 1. The number of benzene rings is 1. The lowest BCUT2D eigenvalue weighted by Gasteiger charge is -2.69. The average molecular weight is 771 g/mol. The maximum absolute atomic E-state index is 14.9. The molecule has 5 aliphatic carbocycles. The first-order valence-corrected chi connectivity index (χ1v) is 23.2. The molecule has 7 heteroatoms. The van der Waals surface area contributed by atoms with Gasteiger partial charge in [-0.3, -0.25) is 14.4 Å². The number of carbonyl (C=O) groups is 3. The summed E-state index contributed by atoms with van der Waals surface area (Å²) in [6.45, 7) is 18.6. The lowest BCUT2D eigenvalue weighted by molar-refractivity contribution is -0.223. The molecule has 7 nitrogen and oxygen atoms in total. The number of fused-ring (bicyclic) bond motifs is 7. The van der Waals surface area contributed by atoms with E-state index in [9.17, 15) is 14.4 Å². The Morgan fingerprint density at radius 3 is 2.21 bits per heavy atom. The van der Waals surface area contributed by atoms with E-state index in [1.807, 2.05) is 44.2 Å². The number of hydrogen-bond acceptors (Lipinski definition) is 6. The van der Waals surface area contributed by atoms with E-state index in [2.05, 4.69) is 37.5 Å².